The molecule has 0 aliphatic carbocycles. The van der Waals surface area contributed by atoms with E-state index < -0.39 is 14.6 Å². The molecule has 0 unspecified atom stereocenters. The molecule has 0 aliphatic heterocycles. The lowest BCUT2D eigenvalue weighted by molar-refractivity contribution is -0.120. The number of aryl methyl sites for hydroxylation is 2. The van der Waals surface area contributed by atoms with Gasteiger partial charge in [-0.1, -0.05) is 6.92 Å². The van der Waals surface area contributed by atoms with E-state index in [0.717, 1.165) is 22.8 Å². The van der Waals surface area contributed by atoms with Crippen molar-refractivity contribution in [3.8, 4) is 0 Å². The van der Waals surface area contributed by atoms with Gasteiger partial charge in [0.1, 0.15) is 4.75 Å². The molecule has 0 aromatic carbocycles. The van der Waals surface area contributed by atoms with Crippen LogP contribution in [0.4, 0.5) is 0 Å². The topological polar surface area (TPSA) is 69.0 Å². The van der Waals surface area contributed by atoms with E-state index in [1.165, 1.54) is 13.8 Å². The molecule has 1 heterocycles. The van der Waals surface area contributed by atoms with Gasteiger partial charge in [0.2, 0.25) is 0 Å². The van der Waals surface area contributed by atoms with Crippen LogP contribution >= 0.6 is 15.9 Å². The van der Waals surface area contributed by atoms with Crippen LogP contribution in [-0.4, -0.2) is 35.0 Å². The van der Waals surface area contributed by atoms with Crippen molar-refractivity contribution in [1.82, 2.24) is 9.78 Å². The van der Waals surface area contributed by atoms with Crippen LogP contribution < -0.4 is 0 Å². The van der Waals surface area contributed by atoms with Gasteiger partial charge in [-0.15, -0.1) is 0 Å². The van der Waals surface area contributed by atoms with Crippen LogP contribution in [0.1, 0.15) is 32.2 Å². The van der Waals surface area contributed by atoms with Gasteiger partial charge in [0.25, 0.3) is 0 Å². The lowest BCUT2D eigenvalue weighted by Gasteiger charge is -2.20. The first-order valence-electron chi connectivity index (χ1n) is 5.95. The third-order valence-electron chi connectivity index (χ3n) is 3.43. The Balaban J connectivity index is 3.11. The average Bonchev–Trinajstić information content (AvgIpc) is 2.54. The normalized spacial score (nSPS) is 12.7. The monoisotopic (exact) mass is 350 g/mol. The number of hydrogen-bond acceptors (Lipinski definition) is 4. The quantitative estimate of drug-likeness (QED) is 0.809. The third kappa shape index (κ3) is 3.08. The van der Waals surface area contributed by atoms with Crippen molar-refractivity contribution in [2.45, 2.75) is 38.4 Å². The first-order valence-corrected chi connectivity index (χ1v) is 8.64. The van der Waals surface area contributed by atoms with E-state index in [1.54, 1.807) is 11.7 Å². The number of rotatable bonds is 5. The van der Waals surface area contributed by atoms with Crippen molar-refractivity contribution >= 4 is 31.6 Å². The maximum Gasteiger partial charge on any atom is 0.159 e. The second-order valence-electron chi connectivity index (χ2n) is 5.07. The highest BCUT2D eigenvalue weighted by molar-refractivity contribution is 9.10. The molecule has 1 aromatic rings. The molecule has 0 aliphatic rings. The summed E-state index contributed by atoms with van der Waals surface area (Å²) in [5.41, 5.74) is 1.57. The summed E-state index contributed by atoms with van der Waals surface area (Å²) in [6.07, 6.45) is 1.88. The molecule has 0 bridgehead atoms. The van der Waals surface area contributed by atoms with Crippen molar-refractivity contribution in [1.29, 1.82) is 0 Å². The molecule has 5 nitrogen and oxygen atoms in total. The largest absolute Gasteiger partial charge is 0.298 e. The van der Waals surface area contributed by atoms with Crippen LogP contribution in [0.2, 0.25) is 0 Å². The second-order valence-corrected chi connectivity index (χ2v) is 8.42. The highest BCUT2D eigenvalue weighted by atomic mass is 79.9. The Morgan fingerprint density at radius 1 is 1.42 bits per heavy atom. The van der Waals surface area contributed by atoms with Gasteiger partial charge in [-0.2, -0.15) is 5.10 Å². The van der Waals surface area contributed by atoms with E-state index in [9.17, 15) is 13.2 Å². The maximum absolute atomic E-state index is 12.2. The molecular weight excluding hydrogens is 332 g/mol. The molecular formula is C12H19BrN2O3S. The molecule has 108 valence electrons. The molecule has 19 heavy (non-hydrogen) atoms. The molecule has 0 saturated heterocycles. The van der Waals surface area contributed by atoms with Gasteiger partial charge in [0, 0.05) is 13.3 Å². The van der Waals surface area contributed by atoms with E-state index in [0.29, 0.717) is 5.69 Å². The number of carbonyl (C=O) groups is 1. The molecule has 0 amide bonds. The number of sulfone groups is 1. The van der Waals surface area contributed by atoms with Crippen LogP contribution in [0.3, 0.4) is 0 Å². The fraction of sp³-hybridized carbons (Fsp3) is 0.667. The lowest BCUT2D eigenvalue weighted by Crippen LogP contribution is -2.41. The molecule has 1 rings (SSSR count). The minimum atomic E-state index is -3.44. The number of halogens is 1. The Labute approximate surface area is 122 Å². The van der Waals surface area contributed by atoms with Gasteiger partial charge in [0.05, 0.1) is 22.3 Å². The Morgan fingerprint density at radius 2 is 1.95 bits per heavy atom. The zero-order valence-corrected chi connectivity index (χ0v) is 14.2. The fourth-order valence-electron chi connectivity index (χ4n) is 1.58. The Morgan fingerprint density at radius 3 is 2.32 bits per heavy atom. The first kappa shape index (κ1) is 16.4. The SMILES string of the molecule is CCc1nn(C)c(CC(=O)C(C)(C)S(C)(=O)=O)c1Br. The van der Waals surface area contributed by atoms with E-state index in [2.05, 4.69) is 21.0 Å². The number of Topliss-reactive ketones (excluding diaryl/α,β-unsaturated/α-hetero) is 1. The van der Waals surface area contributed by atoms with E-state index in [-0.39, 0.29) is 12.2 Å². The summed E-state index contributed by atoms with van der Waals surface area (Å²) in [4.78, 5) is 12.2. The minimum Gasteiger partial charge on any atom is -0.298 e. The summed E-state index contributed by atoms with van der Waals surface area (Å²) in [7, 11) is -1.69. The zero-order valence-electron chi connectivity index (χ0n) is 11.8. The fourth-order valence-corrected chi connectivity index (χ4v) is 2.83. The molecule has 0 spiro atoms. The molecule has 0 saturated carbocycles. The van der Waals surface area contributed by atoms with Crippen LogP contribution in [0.25, 0.3) is 0 Å². The summed E-state index contributed by atoms with van der Waals surface area (Å²) >= 11 is 3.42. The van der Waals surface area contributed by atoms with E-state index >= 15 is 0 Å². The van der Waals surface area contributed by atoms with Crippen molar-refractivity contribution < 1.29 is 13.2 Å². The number of hydrogen-bond donors (Lipinski definition) is 0. The van der Waals surface area contributed by atoms with Crippen molar-refractivity contribution in [3.05, 3.63) is 15.9 Å². The summed E-state index contributed by atoms with van der Waals surface area (Å²) in [5, 5.41) is 4.29. The van der Waals surface area contributed by atoms with Crippen LogP contribution in [-0.2, 0) is 34.5 Å². The molecule has 0 atom stereocenters. The zero-order chi connectivity index (χ0) is 15.0. The Bertz CT molecular complexity index is 603. The van der Waals surface area contributed by atoms with Crippen LogP contribution in [0.5, 0.6) is 0 Å². The average molecular weight is 351 g/mol. The Kier molecular flexibility index (Phi) is 4.62. The first-order chi connectivity index (χ1) is 8.52. The number of nitrogens with zero attached hydrogens (tertiary/aromatic N) is 2. The maximum atomic E-state index is 12.2. The van der Waals surface area contributed by atoms with Crippen LogP contribution in [0.15, 0.2) is 4.47 Å². The van der Waals surface area contributed by atoms with Crippen molar-refractivity contribution in [2.75, 3.05) is 6.26 Å². The number of ketones is 1. The molecule has 1 aromatic heterocycles. The lowest BCUT2D eigenvalue weighted by atomic mass is 10.0. The molecule has 7 heteroatoms. The van der Waals surface area contributed by atoms with E-state index in [4.69, 9.17) is 0 Å². The second kappa shape index (κ2) is 5.36. The van der Waals surface area contributed by atoms with Gasteiger partial charge >= 0.3 is 0 Å². The summed E-state index contributed by atoms with van der Waals surface area (Å²) in [6, 6.07) is 0. The standard InChI is InChI=1S/C12H19BrN2O3S/c1-6-8-11(13)9(15(4)14-8)7-10(16)12(2,3)19(5,17)18/h6-7H2,1-5H3. The van der Waals surface area contributed by atoms with Gasteiger partial charge in [0.15, 0.2) is 15.6 Å². The number of carbonyl (C=O) groups excluding carboxylic acids is 1. The predicted octanol–water partition coefficient (Wildman–Crippen LogP) is 1.68. The van der Waals surface area contributed by atoms with Gasteiger partial charge in [-0.25, -0.2) is 8.42 Å². The Hall–Kier alpha value is -0.690. The summed E-state index contributed by atoms with van der Waals surface area (Å²) in [6.45, 7) is 4.85. The third-order valence-corrected chi connectivity index (χ3v) is 6.43. The van der Waals surface area contributed by atoms with Crippen LogP contribution in [0, 0.1) is 0 Å². The summed E-state index contributed by atoms with van der Waals surface area (Å²) < 4.78 is 24.3. The molecule has 0 radical (unpaired) electrons. The highest BCUT2D eigenvalue weighted by Crippen LogP contribution is 2.25. The molecule has 0 fully saturated rings. The van der Waals surface area contributed by atoms with Gasteiger partial charge in [-0.3, -0.25) is 9.48 Å². The summed E-state index contributed by atoms with van der Waals surface area (Å²) in [5.74, 6) is -0.332. The van der Waals surface area contributed by atoms with Crippen molar-refractivity contribution in [3.63, 3.8) is 0 Å². The smallest absolute Gasteiger partial charge is 0.159 e. The highest BCUT2D eigenvalue weighted by Gasteiger charge is 2.38. The van der Waals surface area contributed by atoms with E-state index in [1.807, 2.05) is 6.92 Å². The number of aromatic nitrogens is 2. The van der Waals surface area contributed by atoms with Gasteiger partial charge < -0.3 is 0 Å². The predicted molar refractivity (Wildman–Crippen MR) is 77.9 cm³/mol. The van der Waals surface area contributed by atoms with Gasteiger partial charge in [-0.05, 0) is 36.2 Å². The van der Waals surface area contributed by atoms with Crippen molar-refractivity contribution in [2.24, 2.45) is 7.05 Å². The molecule has 0 N–H and O–H groups in total. The minimum absolute atomic E-state index is 0.0458.